The number of aliphatic hydroxyl groups excluding tert-OH is 1. The highest BCUT2D eigenvalue weighted by atomic mass is 16.3. The van der Waals surface area contributed by atoms with Crippen LogP contribution < -0.4 is 5.32 Å². The average Bonchev–Trinajstić information content (AvgIpc) is 3.23. The summed E-state index contributed by atoms with van der Waals surface area (Å²) in [6, 6.07) is 2.15. The van der Waals surface area contributed by atoms with Gasteiger partial charge in [0.05, 0.1) is 6.10 Å². The van der Waals surface area contributed by atoms with Gasteiger partial charge in [0.2, 0.25) is 0 Å². The molecule has 3 rings (SSSR count). The highest BCUT2D eigenvalue weighted by Crippen LogP contribution is 2.38. The van der Waals surface area contributed by atoms with Gasteiger partial charge in [-0.05, 0) is 57.3 Å². The second-order valence-corrected chi connectivity index (χ2v) is 7.14. The lowest BCUT2D eigenvalue weighted by atomic mass is 9.88. The normalized spacial score (nSPS) is 36.2. The number of nitrogens with zero attached hydrogens (tertiary/aromatic N) is 1. The Hall–Kier alpha value is -0.120. The summed E-state index contributed by atoms with van der Waals surface area (Å²) in [7, 11) is 0. The molecular weight excluding hydrogens is 236 g/mol. The molecule has 3 fully saturated rings. The molecule has 0 radical (unpaired) electrons. The van der Waals surface area contributed by atoms with Gasteiger partial charge in [-0.1, -0.05) is 6.92 Å². The van der Waals surface area contributed by atoms with Crippen LogP contribution in [-0.2, 0) is 0 Å². The summed E-state index contributed by atoms with van der Waals surface area (Å²) in [5, 5.41) is 13.8. The van der Waals surface area contributed by atoms with Gasteiger partial charge in [0.15, 0.2) is 0 Å². The van der Waals surface area contributed by atoms with E-state index in [1.54, 1.807) is 0 Å². The number of likely N-dealkylation sites (tertiary alicyclic amines) is 1. The largest absolute Gasteiger partial charge is 0.393 e. The summed E-state index contributed by atoms with van der Waals surface area (Å²) in [5.41, 5.74) is 0. The Bertz CT molecular complexity index is 299. The number of piperidine rings is 1. The Kier molecular flexibility index (Phi) is 4.16. The molecule has 0 aromatic carbocycles. The van der Waals surface area contributed by atoms with E-state index in [4.69, 9.17) is 0 Å². The van der Waals surface area contributed by atoms with E-state index in [0.717, 1.165) is 31.0 Å². The summed E-state index contributed by atoms with van der Waals surface area (Å²) in [4.78, 5) is 2.69. The maximum Gasteiger partial charge on any atom is 0.0553 e. The van der Waals surface area contributed by atoms with Crippen LogP contribution in [0.15, 0.2) is 0 Å². The topological polar surface area (TPSA) is 35.5 Å². The molecule has 1 aliphatic heterocycles. The van der Waals surface area contributed by atoms with Gasteiger partial charge in [0.25, 0.3) is 0 Å². The van der Waals surface area contributed by atoms with Crippen LogP contribution in [0.4, 0.5) is 0 Å². The molecular formula is C16H30N2O. The predicted octanol–water partition coefficient (Wildman–Crippen LogP) is 2.00. The fourth-order valence-corrected chi connectivity index (χ4v) is 3.87. The maximum atomic E-state index is 10.0. The van der Waals surface area contributed by atoms with Crippen LogP contribution in [0.3, 0.4) is 0 Å². The van der Waals surface area contributed by atoms with Crippen LogP contribution in [-0.4, -0.2) is 47.3 Å². The Labute approximate surface area is 117 Å². The summed E-state index contributed by atoms with van der Waals surface area (Å²) in [6.07, 6.45) is 7.83. The Morgan fingerprint density at radius 2 is 1.84 bits per heavy atom. The monoisotopic (exact) mass is 266 g/mol. The molecule has 4 unspecified atom stereocenters. The molecule has 0 spiro atoms. The molecule has 3 aliphatic rings. The van der Waals surface area contributed by atoms with Crippen LogP contribution in [0.1, 0.15) is 52.4 Å². The van der Waals surface area contributed by atoms with Crippen LogP contribution in [0.25, 0.3) is 0 Å². The molecule has 0 bridgehead atoms. The first-order valence-electron chi connectivity index (χ1n) is 8.35. The van der Waals surface area contributed by atoms with Crippen molar-refractivity contribution in [2.45, 2.75) is 76.6 Å². The number of rotatable bonds is 6. The van der Waals surface area contributed by atoms with Crippen molar-refractivity contribution >= 4 is 0 Å². The minimum Gasteiger partial charge on any atom is -0.393 e. The SMILES string of the molecule is CCC(C1CC1)N1CC(NC2CC2)CC(C(C)O)C1. The zero-order valence-electron chi connectivity index (χ0n) is 12.5. The van der Waals surface area contributed by atoms with Crippen molar-refractivity contribution in [3.05, 3.63) is 0 Å². The Morgan fingerprint density at radius 3 is 2.37 bits per heavy atom. The molecule has 110 valence electrons. The van der Waals surface area contributed by atoms with Gasteiger partial charge in [-0.15, -0.1) is 0 Å². The average molecular weight is 266 g/mol. The number of nitrogens with one attached hydrogen (secondary N) is 1. The third kappa shape index (κ3) is 3.50. The number of hydrogen-bond acceptors (Lipinski definition) is 3. The van der Waals surface area contributed by atoms with E-state index < -0.39 is 0 Å². The van der Waals surface area contributed by atoms with Gasteiger partial charge in [-0.3, -0.25) is 4.90 Å². The Balaban J connectivity index is 1.63. The molecule has 0 aromatic heterocycles. The van der Waals surface area contributed by atoms with E-state index in [-0.39, 0.29) is 6.10 Å². The first-order chi connectivity index (χ1) is 9.17. The molecule has 0 amide bonds. The zero-order valence-corrected chi connectivity index (χ0v) is 12.5. The Morgan fingerprint density at radius 1 is 1.11 bits per heavy atom. The number of hydrogen-bond donors (Lipinski definition) is 2. The van der Waals surface area contributed by atoms with Gasteiger partial charge in [0, 0.05) is 31.2 Å². The van der Waals surface area contributed by atoms with Crippen molar-refractivity contribution in [2.24, 2.45) is 11.8 Å². The summed E-state index contributed by atoms with van der Waals surface area (Å²) >= 11 is 0. The maximum absolute atomic E-state index is 10.0. The minimum atomic E-state index is -0.164. The van der Waals surface area contributed by atoms with Gasteiger partial charge in [-0.2, -0.15) is 0 Å². The molecule has 2 aliphatic carbocycles. The van der Waals surface area contributed by atoms with Crippen LogP contribution in [0, 0.1) is 11.8 Å². The van der Waals surface area contributed by atoms with E-state index in [1.807, 2.05) is 6.92 Å². The molecule has 0 aromatic rings. The predicted molar refractivity (Wildman–Crippen MR) is 78.1 cm³/mol. The molecule has 2 saturated carbocycles. The van der Waals surface area contributed by atoms with E-state index in [9.17, 15) is 5.11 Å². The third-order valence-corrected chi connectivity index (χ3v) is 5.30. The van der Waals surface area contributed by atoms with E-state index in [0.29, 0.717) is 12.0 Å². The van der Waals surface area contributed by atoms with Crippen molar-refractivity contribution in [1.82, 2.24) is 10.2 Å². The van der Waals surface area contributed by atoms with Crippen LogP contribution >= 0.6 is 0 Å². The lowest BCUT2D eigenvalue weighted by Crippen LogP contribution is -2.55. The highest BCUT2D eigenvalue weighted by Gasteiger charge is 2.40. The summed E-state index contributed by atoms with van der Waals surface area (Å²) < 4.78 is 0. The zero-order chi connectivity index (χ0) is 13.4. The highest BCUT2D eigenvalue weighted by molar-refractivity contribution is 4.96. The molecule has 19 heavy (non-hydrogen) atoms. The van der Waals surface area contributed by atoms with Crippen molar-refractivity contribution in [3.8, 4) is 0 Å². The standard InChI is InChI=1S/C16H30N2O/c1-3-16(12-4-5-12)18-9-13(11(2)19)8-15(10-18)17-14-6-7-14/h11-17,19H,3-10H2,1-2H3. The first kappa shape index (κ1) is 13.8. The first-order valence-corrected chi connectivity index (χ1v) is 8.35. The second-order valence-electron chi connectivity index (χ2n) is 7.14. The van der Waals surface area contributed by atoms with E-state index in [1.165, 1.54) is 38.6 Å². The quantitative estimate of drug-likeness (QED) is 0.772. The molecule has 3 heteroatoms. The smallest absolute Gasteiger partial charge is 0.0553 e. The van der Waals surface area contributed by atoms with Crippen molar-refractivity contribution in [3.63, 3.8) is 0 Å². The lowest BCUT2D eigenvalue weighted by molar-refractivity contribution is 0.0228. The lowest BCUT2D eigenvalue weighted by Gasteiger charge is -2.43. The third-order valence-electron chi connectivity index (χ3n) is 5.30. The molecule has 4 atom stereocenters. The molecule has 3 nitrogen and oxygen atoms in total. The fraction of sp³-hybridized carbons (Fsp3) is 1.00. The van der Waals surface area contributed by atoms with Gasteiger partial charge >= 0.3 is 0 Å². The van der Waals surface area contributed by atoms with Gasteiger partial charge in [-0.25, -0.2) is 0 Å². The van der Waals surface area contributed by atoms with E-state index >= 15 is 0 Å². The summed E-state index contributed by atoms with van der Waals surface area (Å²) in [5.74, 6) is 1.40. The number of aliphatic hydroxyl groups is 1. The van der Waals surface area contributed by atoms with Gasteiger partial charge in [0.1, 0.15) is 0 Å². The molecule has 1 saturated heterocycles. The minimum absolute atomic E-state index is 0.164. The second kappa shape index (κ2) is 5.71. The van der Waals surface area contributed by atoms with Crippen molar-refractivity contribution in [1.29, 1.82) is 0 Å². The summed E-state index contributed by atoms with van der Waals surface area (Å²) in [6.45, 7) is 6.61. The molecule has 1 heterocycles. The van der Waals surface area contributed by atoms with Crippen molar-refractivity contribution < 1.29 is 5.11 Å². The molecule has 2 N–H and O–H groups in total. The van der Waals surface area contributed by atoms with Gasteiger partial charge < -0.3 is 10.4 Å². The van der Waals surface area contributed by atoms with Crippen LogP contribution in [0.2, 0.25) is 0 Å². The van der Waals surface area contributed by atoms with Crippen LogP contribution in [0.5, 0.6) is 0 Å². The van der Waals surface area contributed by atoms with Crippen molar-refractivity contribution in [2.75, 3.05) is 13.1 Å². The fourth-order valence-electron chi connectivity index (χ4n) is 3.87. The van der Waals surface area contributed by atoms with E-state index in [2.05, 4.69) is 17.1 Å².